The van der Waals surface area contributed by atoms with E-state index in [4.69, 9.17) is 9.47 Å². The van der Waals surface area contributed by atoms with Crippen molar-refractivity contribution in [2.75, 3.05) is 0 Å². The number of carbonyl (C=O) groups excluding carboxylic acids is 1. The molecule has 0 aliphatic heterocycles. The second-order valence-corrected chi connectivity index (χ2v) is 8.43. The summed E-state index contributed by atoms with van der Waals surface area (Å²) in [6, 6.07) is 8.25. The fourth-order valence-corrected chi connectivity index (χ4v) is 3.83. The van der Waals surface area contributed by atoms with Gasteiger partial charge < -0.3 is 9.47 Å². The number of esters is 1. The van der Waals surface area contributed by atoms with Crippen LogP contribution in [-0.2, 0) is 9.53 Å². The van der Waals surface area contributed by atoms with Gasteiger partial charge in [0.05, 0.1) is 6.33 Å². The number of nitrogens with zero attached hydrogens (tertiary/aromatic N) is 2. The van der Waals surface area contributed by atoms with Crippen LogP contribution in [0.25, 0.3) is 0 Å². The van der Waals surface area contributed by atoms with E-state index in [0.717, 1.165) is 5.75 Å². The summed E-state index contributed by atoms with van der Waals surface area (Å²) in [4.78, 5) is 16.0. The lowest BCUT2D eigenvalue weighted by Gasteiger charge is -2.37. The highest BCUT2D eigenvalue weighted by Gasteiger charge is 2.38. The van der Waals surface area contributed by atoms with Crippen molar-refractivity contribution in [3.63, 3.8) is 0 Å². The molecule has 0 bridgehead atoms. The van der Waals surface area contributed by atoms with E-state index in [1.165, 1.54) is 38.2 Å². The van der Waals surface area contributed by atoms with Gasteiger partial charge in [0.1, 0.15) is 5.75 Å². The lowest BCUT2D eigenvalue weighted by atomic mass is 9.87. The Morgan fingerprint density at radius 2 is 1.93 bits per heavy atom. The summed E-state index contributed by atoms with van der Waals surface area (Å²) in [5.74, 6) is 1.09. The second kappa shape index (κ2) is 8.15. The van der Waals surface area contributed by atoms with Gasteiger partial charge in [-0.1, -0.05) is 51.8 Å². The molecule has 5 heteroatoms. The molecule has 3 rings (SSSR count). The van der Waals surface area contributed by atoms with Crippen LogP contribution in [-0.4, -0.2) is 21.6 Å². The van der Waals surface area contributed by atoms with Crippen LogP contribution >= 0.6 is 0 Å². The normalized spacial score (nSPS) is 17.5. The molecule has 1 aliphatic carbocycles. The summed E-state index contributed by atoms with van der Waals surface area (Å²) in [6.45, 7) is 7.60. The van der Waals surface area contributed by atoms with Crippen molar-refractivity contribution in [2.24, 2.45) is 5.41 Å². The van der Waals surface area contributed by atoms with Crippen molar-refractivity contribution in [3.05, 3.63) is 48.5 Å². The van der Waals surface area contributed by atoms with Crippen LogP contribution in [0.4, 0.5) is 0 Å². The van der Waals surface area contributed by atoms with Gasteiger partial charge in [-0.25, -0.2) is 4.98 Å². The van der Waals surface area contributed by atoms with Crippen LogP contribution in [0.5, 0.6) is 5.75 Å². The highest BCUT2D eigenvalue weighted by Crippen LogP contribution is 2.41. The van der Waals surface area contributed by atoms with E-state index in [-0.39, 0.29) is 11.4 Å². The van der Waals surface area contributed by atoms with Gasteiger partial charge in [-0.15, -0.1) is 0 Å². The molecule has 0 saturated heterocycles. The molecule has 2 atom stereocenters. The van der Waals surface area contributed by atoms with E-state index in [9.17, 15) is 4.79 Å². The van der Waals surface area contributed by atoms with Crippen LogP contribution in [0.1, 0.15) is 71.1 Å². The first-order valence-corrected chi connectivity index (χ1v) is 9.76. The molecule has 1 aromatic heterocycles. The number of benzene rings is 1. The van der Waals surface area contributed by atoms with Gasteiger partial charge in [0.25, 0.3) is 0 Å². The lowest BCUT2D eigenvalue weighted by Crippen LogP contribution is -2.41. The predicted octanol–water partition coefficient (Wildman–Crippen LogP) is 5.10. The second-order valence-electron chi connectivity index (χ2n) is 8.43. The van der Waals surface area contributed by atoms with E-state index in [1.54, 1.807) is 12.5 Å². The van der Waals surface area contributed by atoms with Gasteiger partial charge >= 0.3 is 5.97 Å². The molecule has 1 aliphatic rings. The summed E-state index contributed by atoms with van der Waals surface area (Å²) in [5, 5.41) is 0. The van der Waals surface area contributed by atoms with Crippen LogP contribution in [0.15, 0.2) is 43.0 Å². The van der Waals surface area contributed by atoms with Crippen molar-refractivity contribution in [1.29, 1.82) is 0 Å². The van der Waals surface area contributed by atoms with Gasteiger partial charge in [-0.05, 0) is 30.4 Å². The lowest BCUT2D eigenvalue weighted by molar-refractivity contribution is -0.165. The van der Waals surface area contributed by atoms with Gasteiger partial charge in [0.2, 0.25) is 6.23 Å². The largest absolute Gasteiger partial charge is 0.466 e. The fourth-order valence-electron chi connectivity index (χ4n) is 3.83. The molecule has 2 unspecified atom stereocenters. The number of hydrogen-bond acceptors (Lipinski definition) is 4. The Kier molecular flexibility index (Phi) is 5.88. The minimum atomic E-state index is -0.487. The number of aromatic nitrogens is 2. The van der Waals surface area contributed by atoms with E-state index < -0.39 is 12.3 Å². The van der Waals surface area contributed by atoms with Gasteiger partial charge in [0.15, 0.2) is 6.10 Å². The van der Waals surface area contributed by atoms with E-state index in [0.29, 0.717) is 5.92 Å². The number of rotatable bonds is 6. The zero-order valence-corrected chi connectivity index (χ0v) is 16.7. The summed E-state index contributed by atoms with van der Waals surface area (Å²) < 4.78 is 14.1. The molecule has 27 heavy (non-hydrogen) atoms. The molecule has 1 heterocycles. The molecule has 5 nitrogen and oxygen atoms in total. The standard InChI is InChI=1S/C22H30N2O3/c1-16(25)26-20(22(2,3)4)21(24-14-13-23-15-24)27-19-12-8-7-11-18(19)17-9-5-6-10-17/h7-8,11-15,17,20-21H,5-6,9-10H2,1-4H3. The Morgan fingerprint density at radius 3 is 2.52 bits per heavy atom. The molecule has 0 spiro atoms. The maximum atomic E-state index is 11.8. The average Bonchev–Trinajstić information content (AvgIpc) is 3.30. The summed E-state index contributed by atoms with van der Waals surface area (Å²) in [5.41, 5.74) is 0.943. The van der Waals surface area contributed by atoms with Crippen molar-refractivity contribution in [3.8, 4) is 5.75 Å². The van der Waals surface area contributed by atoms with Crippen molar-refractivity contribution in [2.45, 2.75) is 71.6 Å². The van der Waals surface area contributed by atoms with Gasteiger partial charge in [-0.2, -0.15) is 0 Å². The topological polar surface area (TPSA) is 53.4 Å². The average molecular weight is 370 g/mol. The minimum Gasteiger partial charge on any atom is -0.466 e. The highest BCUT2D eigenvalue weighted by molar-refractivity contribution is 5.66. The predicted molar refractivity (Wildman–Crippen MR) is 105 cm³/mol. The molecule has 0 radical (unpaired) electrons. The van der Waals surface area contributed by atoms with Crippen LogP contribution in [0.2, 0.25) is 0 Å². The van der Waals surface area contributed by atoms with E-state index in [2.05, 4.69) is 37.9 Å². The Hall–Kier alpha value is -2.30. The van der Waals surface area contributed by atoms with Gasteiger partial charge in [0, 0.05) is 24.7 Å². The summed E-state index contributed by atoms with van der Waals surface area (Å²) in [6.07, 6.45) is 9.26. The third-order valence-electron chi connectivity index (χ3n) is 5.19. The minimum absolute atomic E-state index is 0.303. The summed E-state index contributed by atoms with van der Waals surface area (Å²) >= 11 is 0. The molecular weight excluding hydrogens is 340 g/mol. The molecule has 0 N–H and O–H groups in total. The highest BCUT2D eigenvalue weighted by atomic mass is 16.6. The first-order chi connectivity index (χ1) is 12.9. The van der Waals surface area contributed by atoms with Crippen LogP contribution in [0.3, 0.4) is 0 Å². The quantitative estimate of drug-likeness (QED) is 0.664. The first-order valence-electron chi connectivity index (χ1n) is 9.76. The van der Waals surface area contributed by atoms with Crippen LogP contribution < -0.4 is 4.74 Å². The molecule has 1 fully saturated rings. The summed E-state index contributed by atoms with van der Waals surface area (Å²) in [7, 11) is 0. The molecule has 1 saturated carbocycles. The number of ether oxygens (including phenoxy) is 2. The maximum Gasteiger partial charge on any atom is 0.303 e. The molecule has 1 aromatic carbocycles. The third-order valence-corrected chi connectivity index (χ3v) is 5.19. The maximum absolute atomic E-state index is 11.8. The fraction of sp³-hybridized carbons (Fsp3) is 0.545. The Bertz CT molecular complexity index is 743. The zero-order chi connectivity index (χ0) is 19.4. The van der Waals surface area contributed by atoms with Crippen LogP contribution in [0, 0.1) is 5.41 Å². The van der Waals surface area contributed by atoms with Crippen molar-refractivity contribution < 1.29 is 14.3 Å². The number of imidazole rings is 1. The Labute approximate surface area is 161 Å². The van der Waals surface area contributed by atoms with E-state index >= 15 is 0 Å². The number of para-hydroxylation sites is 1. The zero-order valence-electron chi connectivity index (χ0n) is 16.7. The first kappa shape index (κ1) is 19.5. The SMILES string of the molecule is CC(=O)OC(C(Oc1ccccc1C1CCCC1)n1ccnc1)C(C)(C)C. The van der Waals surface area contributed by atoms with Crippen molar-refractivity contribution >= 4 is 5.97 Å². The van der Waals surface area contributed by atoms with E-state index in [1.807, 2.05) is 22.9 Å². The Morgan fingerprint density at radius 1 is 1.22 bits per heavy atom. The molecule has 146 valence electrons. The third kappa shape index (κ3) is 4.71. The van der Waals surface area contributed by atoms with Crippen molar-refractivity contribution in [1.82, 2.24) is 9.55 Å². The molecular formula is C22H30N2O3. The number of carbonyl (C=O) groups is 1. The number of hydrogen-bond donors (Lipinski definition) is 0. The monoisotopic (exact) mass is 370 g/mol. The smallest absolute Gasteiger partial charge is 0.303 e. The Balaban J connectivity index is 1.97. The molecule has 0 amide bonds. The van der Waals surface area contributed by atoms with Gasteiger partial charge in [-0.3, -0.25) is 9.36 Å². The molecule has 2 aromatic rings.